The van der Waals surface area contributed by atoms with Crippen molar-refractivity contribution in [3.05, 3.63) is 29.6 Å². The maximum Gasteiger partial charge on any atom is 0.124 e. The minimum absolute atomic E-state index is 0.962. The van der Waals surface area contributed by atoms with Gasteiger partial charge in [0.25, 0.3) is 0 Å². The average Bonchev–Trinajstić information content (AvgIpc) is 2.61. The Morgan fingerprint density at radius 3 is 3.00 bits per heavy atom. The summed E-state index contributed by atoms with van der Waals surface area (Å²) in [6, 6.07) is 6.57. The number of hydrogen-bond donors (Lipinski definition) is 1. The zero-order valence-corrected chi connectivity index (χ0v) is 12.5. The molecule has 4 nitrogen and oxygen atoms in total. The van der Waals surface area contributed by atoms with Crippen molar-refractivity contribution in [3.8, 4) is 0 Å². The summed E-state index contributed by atoms with van der Waals surface area (Å²) >= 11 is 0. The molecular formula is C16H24N4. The molecule has 1 saturated heterocycles. The molecule has 0 unspecified atom stereocenters. The van der Waals surface area contributed by atoms with Crippen LogP contribution in [-0.4, -0.2) is 40.6 Å². The topological polar surface area (TPSA) is 33.1 Å². The Bertz CT molecular complexity index is 579. The minimum atomic E-state index is 0.962. The molecule has 108 valence electrons. The van der Waals surface area contributed by atoms with Gasteiger partial charge in [-0.2, -0.15) is 0 Å². The fraction of sp³-hybridized carbons (Fsp3) is 0.562. The summed E-state index contributed by atoms with van der Waals surface area (Å²) in [6.07, 6.45) is 1.23. The van der Waals surface area contributed by atoms with Crippen molar-refractivity contribution in [2.24, 2.45) is 0 Å². The number of nitrogens with one attached hydrogen (secondary N) is 1. The lowest BCUT2D eigenvalue weighted by molar-refractivity contribution is 0.274. The van der Waals surface area contributed by atoms with E-state index in [9.17, 15) is 0 Å². The molecule has 20 heavy (non-hydrogen) atoms. The van der Waals surface area contributed by atoms with Gasteiger partial charge in [0.2, 0.25) is 0 Å². The molecular weight excluding hydrogens is 248 g/mol. The molecule has 1 aliphatic rings. The molecule has 4 heteroatoms. The minimum Gasteiger partial charge on any atom is -0.327 e. The quantitative estimate of drug-likeness (QED) is 0.929. The van der Waals surface area contributed by atoms with Gasteiger partial charge in [0.05, 0.1) is 17.6 Å². The first kappa shape index (κ1) is 13.6. The highest BCUT2D eigenvalue weighted by atomic mass is 15.2. The van der Waals surface area contributed by atoms with Crippen LogP contribution in [0.25, 0.3) is 11.0 Å². The Labute approximate surface area is 120 Å². The van der Waals surface area contributed by atoms with Crippen molar-refractivity contribution in [1.29, 1.82) is 0 Å². The second kappa shape index (κ2) is 5.94. The molecule has 0 bridgehead atoms. The lowest BCUT2D eigenvalue weighted by atomic mass is 10.2. The summed E-state index contributed by atoms with van der Waals surface area (Å²) in [5.41, 5.74) is 3.68. The van der Waals surface area contributed by atoms with E-state index in [1.165, 1.54) is 29.9 Å². The number of aryl methyl sites for hydroxylation is 2. The van der Waals surface area contributed by atoms with E-state index in [0.717, 1.165) is 38.2 Å². The number of hydrogen-bond acceptors (Lipinski definition) is 3. The first-order valence-electron chi connectivity index (χ1n) is 7.67. The van der Waals surface area contributed by atoms with Crippen molar-refractivity contribution in [3.63, 3.8) is 0 Å². The predicted molar refractivity (Wildman–Crippen MR) is 82.9 cm³/mol. The average molecular weight is 272 g/mol. The van der Waals surface area contributed by atoms with Gasteiger partial charge in [0, 0.05) is 19.6 Å². The van der Waals surface area contributed by atoms with E-state index in [2.05, 4.69) is 46.8 Å². The lowest BCUT2D eigenvalue weighted by Gasteiger charge is -2.19. The van der Waals surface area contributed by atoms with Crippen molar-refractivity contribution >= 4 is 11.0 Å². The highest BCUT2D eigenvalue weighted by Crippen LogP contribution is 2.19. The molecule has 0 atom stereocenters. The van der Waals surface area contributed by atoms with Crippen molar-refractivity contribution < 1.29 is 0 Å². The van der Waals surface area contributed by atoms with Gasteiger partial charge in [-0.1, -0.05) is 6.07 Å². The van der Waals surface area contributed by atoms with Crippen LogP contribution in [0.2, 0.25) is 0 Å². The van der Waals surface area contributed by atoms with Gasteiger partial charge in [0.15, 0.2) is 0 Å². The van der Waals surface area contributed by atoms with Gasteiger partial charge >= 0.3 is 0 Å². The Hall–Kier alpha value is -1.39. The van der Waals surface area contributed by atoms with Gasteiger partial charge in [-0.15, -0.1) is 0 Å². The second-order valence-corrected chi connectivity index (χ2v) is 5.64. The van der Waals surface area contributed by atoms with E-state index >= 15 is 0 Å². The predicted octanol–water partition coefficient (Wildman–Crippen LogP) is 2.16. The molecule has 1 aromatic heterocycles. The summed E-state index contributed by atoms with van der Waals surface area (Å²) < 4.78 is 2.35. The molecule has 1 N–H and O–H groups in total. The normalized spacial score (nSPS) is 17.5. The van der Waals surface area contributed by atoms with Gasteiger partial charge in [0.1, 0.15) is 5.82 Å². The van der Waals surface area contributed by atoms with Crippen LogP contribution in [0.4, 0.5) is 0 Å². The third-order valence-electron chi connectivity index (χ3n) is 4.10. The van der Waals surface area contributed by atoms with Gasteiger partial charge in [-0.05, 0) is 51.1 Å². The summed E-state index contributed by atoms with van der Waals surface area (Å²) in [5.74, 6) is 1.20. The van der Waals surface area contributed by atoms with Crippen LogP contribution in [0, 0.1) is 6.92 Å². The zero-order chi connectivity index (χ0) is 13.9. The monoisotopic (exact) mass is 272 g/mol. The Kier molecular flexibility index (Phi) is 4.03. The van der Waals surface area contributed by atoms with Crippen LogP contribution in [0.15, 0.2) is 18.2 Å². The smallest absolute Gasteiger partial charge is 0.124 e. The number of fused-ring (bicyclic) bond motifs is 1. The van der Waals surface area contributed by atoms with Crippen LogP contribution >= 0.6 is 0 Å². The fourth-order valence-electron chi connectivity index (χ4n) is 3.02. The Balaban J connectivity index is 1.89. The van der Waals surface area contributed by atoms with E-state index in [1.54, 1.807) is 0 Å². The van der Waals surface area contributed by atoms with E-state index in [4.69, 9.17) is 4.98 Å². The second-order valence-electron chi connectivity index (χ2n) is 5.64. The largest absolute Gasteiger partial charge is 0.327 e. The van der Waals surface area contributed by atoms with E-state index in [0.29, 0.717) is 0 Å². The highest BCUT2D eigenvalue weighted by molar-refractivity contribution is 5.76. The highest BCUT2D eigenvalue weighted by Gasteiger charge is 2.14. The summed E-state index contributed by atoms with van der Waals surface area (Å²) in [5, 5.41) is 3.46. The van der Waals surface area contributed by atoms with E-state index in [-0.39, 0.29) is 0 Å². The van der Waals surface area contributed by atoms with Crippen LogP contribution in [-0.2, 0) is 13.1 Å². The molecule has 0 spiro atoms. The van der Waals surface area contributed by atoms with E-state index < -0.39 is 0 Å². The van der Waals surface area contributed by atoms with Crippen LogP contribution in [0.5, 0.6) is 0 Å². The summed E-state index contributed by atoms with van der Waals surface area (Å²) in [7, 11) is 0. The number of aromatic nitrogens is 2. The first-order valence-corrected chi connectivity index (χ1v) is 7.67. The molecule has 2 aromatic rings. The van der Waals surface area contributed by atoms with Crippen LogP contribution in [0.1, 0.15) is 24.7 Å². The third-order valence-corrected chi connectivity index (χ3v) is 4.10. The van der Waals surface area contributed by atoms with Gasteiger partial charge in [-0.25, -0.2) is 4.98 Å². The molecule has 0 aliphatic carbocycles. The molecule has 3 rings (SSSR count). The molecule has 1 aromatic carbocycles. The fourth-order valence-corrected chi connectivity index (χ4v) is 3.02. The van der Waals surface area contributed by atoms with Crippen LogP contribution < -0.4 is 5.32 Å². The maximum absolute atomic E-state index is 4.87. The molecule has 0 amide bonds. The lowest BCUT2D eigenvalue weighted by Crippen LogP contribution is -2.29. The molecule has 1 aliphatic heterocycles. The maximum atomic E-state index is 4.87. The molecule has 1 fully saturated rings. The Morgan fingerprint density at radius 1 is 1.25 bits per heavy atom. The number of imidazole rings is 1. The number of rotatable bonds is 3. The molecule has 0 radical (unpaired) electrons. The summed E-state index contributed by atoms with van der Waals surface area (Å²) in [4.78, 5) is 7.38. The zero-order valence-electron chi connectivity index (χ0n) is 12.5. The number of nitrogens with zero attached hydrogens (tertiary/aromatic N) is 3. The van der Waals surface area contributed by atoms with Crippen LogP contribution in [0.3, 0.4) is 0 Å². The Morgan fingerprint density at radius 2 is 2.15 bits per heavy atom. The number of benzene rings is 1. The standard InChI is InChI=1S/C16H24N4/c1-3-20-15-6-5-13(2)11-14(15)18-16(20)12-19-9-4-7-17-8-10-19/h5-6,11,17H,3-4,7-10,12H2,1-2H3. The third kappa shape index (κ3) is 2.72. The summed E-state index contributed by atoms with van der Waals surface area (Å²) in [6.45, 7) is 10.8. The first-order chi connectivity index (χ1) is 9.78. The SMILES string of the molecule is CCn1c(CN2CCCNCC2)nc2cc(C)ccc21. The van der Waals surface area contributed by atoms with E-state index in [1.807, 2.05) is 0 Å². The van der Waals surface area contributed by atoms with Gasteiger partial charge < -0.3 is 9.88 Å². The molecule has 0 saturated carbocycles. The van der Waals surface area contributed by atoms with Crippen molar-refractivity contribution in [1.82, 2.24) is 19.8 Å². The van der Waals surface area contributed by atoms with Crippen molar-refractivity contribution in [2.45, 2.75) is 33.4 Å². The van der Waals surface area contributed by atoms with Gasteiger partial charge in [-0.3, -0.25) is 4.90 Å². The molecule has 2 heterocycles. The van der Waals surface area contributed by atoms with Crippen molar-refractivity contribution in [2.75, 3.05) is 26.2 Å².